The van der Waals surface area contributed by atoms with E-state index in [-0.39, 0.29) is 41.1 Å². The number of halogens is 2. The molecule has 0 N–H and O–H groups in total. The Balaban J connectivity index is 0.00000314. The van der Waals surface area contributed by atoms with E-state index in [0.29, 0.717) is 5.92 Å². The minimum atomic E-state index is -3.01. The van der Waals surface area contributed by atoms with Crippen LogP contribution in [0.25, 0.3) is 11.1 Å². The predicted molar refractivity (Wildman–Crippen MR) is 221 cm³/mol. The van der Waals surface area contributed by atoms with Crippen LogP contribution in [0.4, 0.5) is 0 Å². The summed E-state index contributed by atoms with van der Waals surface area (Å²) in [4.78, 5) is 0. The number of hydrogen-bond acceptors (Lipinski definition) is 0. The number of aryl methyl sites for hydroxylation is 3. The van der Waals surface area contributed by atoms with Gasteiger partial charge in [-0.25, -0.2) is 0 Å². The summed E-state index contributed by atoms with van der Waals surface area (Å²) in [6.07, 6.45) is 8.82. The molecule has 6 rings (SSSR count). The van der Waals surface area contributed by atoms with Gasteiger partial charge in [0.15, 0.2) is 0 Å². The van der Waals surface area contributed by atoms with Gasteiger partial charge in [-0.1, -0.05) is 0 Å². The molecule has 2 aliphatic carbocycles. The van der Waals surface area contributed by atoms with Gasteiger partial charge in [-0.05, 0) is 0 Å². The summed E-state index contributed by atoms with van der Waals surface area (Å²) in [5.74, 6) is 0.483. The third-order valence-electron chi connectivity index (χ3n) is 11.4. The summed E-state index contributed by atoms with van der Waals surface area (Å²) in [6.45, 7) is 33.3. The maximum Gasteiger partial charge on any atom is -1.00 e. The molecule has 1 atom stereocenters. The van der Waals surface area contributed by atoms with Crippen molar-refractivity contribution in [2.75, 3.05) is 0 Å². The van der Waals surface area contributed by atoms with Gasteiger partial charge >= 0.3 is 321 Å². The number of rotatable bonds is 6. The van der Waals surface area contributed by atoms with Crippen LogP contribution in [-0.4, -0.2) is 3.21 Å². The third kappa shape index (κ3) is 8.59. The fourth-order valence-electron chi connectivity index (χ4n) is 8.75. The van der Waals surface area contributed by atoms with E-state index in [1.165, 1.54) is 74.0 Å². The molecule has 0 amide bonds. The zero-order valence-electron chi connectivity index (χ0n) is 35.0. The molecular formula is C50H62Cl2Zr. The van der Waals surface area contributed by atoms with Gasteiger partial charge < -0.3 is 24.8 Å². The normalized spacial score (nSPS) is 15.0. The standard InChI is InChI=1S/C23H29.C15H14.C12H19.2ClH.Zr/c1-14-9-16-11-17-10-15(2)21(23(6,7)8)13-19(17)18(16)12-20(14)22(3,4)5;1-12-3-7-14(8-4-12)11-15-9-5-13(2)6-10-15;1-5-6-10-7-8-11(9-10)12(2,3)4;;;/h9,12-13H,11H2,1-8H3;3-10H,1-2H3;8-10H,5-6H2,1-4H3;2*1H;/q;;;;;+2/p-2. The fourth-order valence-corrected chi connectivity index (χ4v) is 17.8. The third-order valence-corrected chi connectivity index (χ3v) is 19.7. The maximum absolute atomic E-state index is 3.01. The van der Waals surface area contributed by atoms with Crippen molar-refractivity contribution < 1.29 is 46.1 Å². The molecule has 0 heterocycles. The Kier molecular flexibility index (Phi) is 13.1. The molecule has 0 spiro atoms. The first kappa shape index (κ1) is 43.4. The number of benzene rings is 4. The molecule has 0 aliphatic heterocycles. The second kappa shape index (κ2) is 16.0. The van der Waals surface area contributed by atoms with Crippen LogP contribution in [0.3, 0.4) is 0 Å². The van der Waals surface area contributed by atoms with E-state index in [1.807, 2.05) is 0 Å². The Morgan fingerprint density at radius 3 is 1.64 bits per heavy atom. The number of allylic oxidation sites excluding steroid dienone is 4. The Bertz CT molecular complexity index is 2040. The van der Waals surface area contributed by atoms with E-state index in [1.54, 1.807) is 20.9 Å². The van der Waals surface area contributed by atoms with Crippen LogP contribution >= 0.6 is 0 Å². The predicted octanol–water partition coefficient (Wildman–Crippen LogP) is 6.89. The van der Waals surface area contributed by atoms with Gasteiger partial charge in [0, 0.05) is 0 Å². The van der Waals surface area contributed by atoms with E-state index in [4.69, 9.17) is 0 Å². The zero-order chi connectivity index (χ0) is 37.2. The minimum absolute atomic E-state index is 0. The molecule has 1 unspecified atom stereocenters. The summed E-state index contributed by atoms with van der Waals surface area (Å²) in [6, 6.07) is 26.8. The van der Waals surface area contributed by atoms with Crippen molar-refractivity contribution in [3.63, 3.8) is 0 Å². The van der Waals surface area contributed by atoms with Crippen LogP contribution in [-0.2, 0) is 38.5 Å². The van der Waals surface area contributed by atoms with Gasteiger partial charge in [0.25, 0.3) is 0 Å². The van der Waals surface area contributed by atoms with Gasteiger partial charge in [-0.2, -0.15) is 0 Å². The summed E-state index contributed by atoms with van der Waals surface area (Å²) < 4.78 is 5.13. The van der Waals surface area contributed by atoms with E-state index >= 15 is 0 Å². The molecule has 0 saturated carbocycles. The van der Waals surface area contributed by atoms with Crippen molar-refractivity contribution in [3.05, 3.63) is 143 Å². The molecule has 0 aromatic heterocycles. The molecule has 4 aromatic rings. The van der Waals surface area contributed by atoms with E-state index in [9.17, 15) is 0 Å². The van der Waals surface area contributed by atoms with Crippen LogP contribution in [0.5, 0.6) is 0 Å². The van der Waals surface area contributed by atoms with Gasteiger partial charge in [0.2, 0.25) is 0 Å². The molecule has 0 fully saturated rings. The van der Waals surface area contributed by atoms with Gasteiger partial charge in [0.05, 0.1) is 0 Å². The van der Waals surface area contributed by atoms with Crippen LogP contribution < -0.4 is 28.1 Å². The Morgan fingerprint density at radius 1 is 0.660 bits per heavy atom. The van der Waals surface area contributed by atoms with Crippen molar-refractivity contribution in [2.24, 2.45) is 11.3 Å². The monoisotopic (exact) mass is 822 g/mol. The first-order valence-electron chi connectivity index (χ1n) is 19.4. The van der Waals surface area contributed by atoms with Gasteiger partial charge in [-0.15, -0.1) is 0 Å². The maximum atomic E-state index is 2.72. The van der Waals surface area contributed by atoms with Crippen molar-refractivity contribution in [3.8, 4) is 11.1 Å². The van der Waals surface area contributed by atoms with Crippen LogP contribution in [0.1, 0.15) is 138 Å². The Hall–Kier alpha value is -2.31. The molecule has 280 valence electrons. The second-order valence-electron chi connectivity index (χ2n) is 18.8. The van der Waals surface area contributed by atoms with Gasteiger partial charge in [0.1, 0.15) is 0 Å². The van der Waals surface area contributed by atoms with Crippen LogP contribution in [0.15, 0.2) is 87.7 Å². The number of fused-ring (bicyclic) bond motifs is 3. The van der Waals surface area contributed by atoms with E-state index in [2.05, 4.69) is 176 Å². The molecular weight excluding hydrogens is 763 g/mol. The molecule has 3 heteroatoms. The summed E-state index contributed by atoms with van der Waals surface area (Å²) in [7, 11) is 0. The van der Waals surface area contributed by atoms with E-state index in [0.717, 1.165) is 6.42 Å². The van der Waals surface area contributed by atoms with Crippen LogP contribution in [0, 0.1) is 39.0 Å². The topological polar surface area (TPSA) is 0 Å². The molecule has 0 bridgehead atoms. The Morgan fingerprint density at radius 2 is 1.17 bits per heavy atom. The average molecular weight is 825 g/mol. The largest absolute Gasteiger partial charge is 1.00 e. The van der Waals surface area contributed by atoms with Crippen LogP contribution in [0.2, 0.25) is 0 Å². The van der Waals surface area contributed by atoms with Crippen molar-refractivity contribution in [2.45, 2.75) is 127 Å². The van der Waals surface area contributed by atoms with Crippen molar-refractivity contribution >= 4 is 6.48 Å². The van der Waals surface area contributed by atoms with Crippen molar-refractivity contribution in [1.29, 1.82) is 0 Å². The number of hydrogen-bond donors (Lipinski definition) is 0. The zero-order valence-corrected chi connectivity index (χ0v) is 38.9. The van der Waals surface area contributed by atoms with Crippen molar-refractivity contribution in [1.82, 2.24) is 0 Å². The molecule has 4 aromatic carbocycles. The molecule has 0 radical (unpaired) electrons. The first-order chi connectivity index (χ1) is 23.8. The average Bonchev–Trinajstić information content (AvgIpc) is 3.61. The SMILES string of the molecule is CCCC1C=C(C(C)(C)C)C=[C]1[Zr+2](=[C](c1ccc(C)cc1)c1ccc(C)cc1)[c]1c(C)c(C(C)(C)C)cc2c1Cc1cc(C)c(C(C)(C)C)cc1-2.[Cl-].[Cl-]. The first-order valence-corrected chi connectivity index (χ1v) is 23.1. The molecule has 53 heavy (non-hydrogen) atoms. The smallest absolute Gasteiger partial charge is 1.00 e. The molecule has 0 nitrogen and oxygen atoms in total. The Labute approximate surface area is 343 Å². The summed E-state index contributed by atoms with van der Waals surface area (Å²) >= 11 is -3.01. The molecule has 0 saturated heterocycles. The second-order valence-corrected chi connectivity index (χ2v) is 24.5. The summed E-state index contributed by atoms with van der Waals surface area (Å²) in [5.41, 5.74) is 19.3. The fraction of sp³-hybridized carbons (Fsp3) is 0.420. The summed E-state index contributed by atoms with van der Waals surface area (Å²) in [5, 5.41) is 0. The van der Waals surface area contributed by atoms with Gasteiger partial charge in [-0.3, -0.25) is 0 Å². The molecule has 2 aliphatic rings. The minimum Gasteiger partial charge on any atom is -1.00 e. The quantitative estimate of drug-likeness (QED) is 0.175. The van der Waals surface area contributed by atoms with E-state index < -0.39 is 21.3 Å².